The predicted molar refractivity (Wildman–Crippen MR) is 66.1 cm³/mol. The van der Waals surface area contributed by atoms with Gasteiger partial charge in [-0.1, -0.05) is 46.3 Å². The second kappa shape index (κ2) is 4.66. The van der Waals surface area contributed by atoms with E-state index in [4.69, 9.17) is 4.74 Å². The van der Waals surface area contributed by atoms with E-state index in [9.17, 15) is 4.39 Å². The molecule has 16 heavy (non-hydrogen) atoms. The summed E-state index contributed by atoms with van der Waals surface area (Å²) >= 11 is 3.34. The molecular formula is C13H10BrFO. The molecule has 0 N–H and O–H groups in total. The topological polar surface area (TPSA) is 9.23 Å². The van der Waals surface area contributed by atoms with Crippen LogP contribution in [-0.4, -0.2) is 7.11 Å². The van der Waals surface area contributed by atoms with E-state index in [0.29, 0.717) is 5.56 Å². The first kappa shape index (κ1) is 11.1. The molecule has 0 amide bonds. The fourth-order valence-electron chi connectivity index (χ4n) is 1.54. The van der Waals surface area contributed by atoms with Crippen LogP contribution in [0.4, 0.5) is 4.39 Å². The molecule has 0 atom stereocenters. The van der Waals surface area contributed by atoms with Gasteiger partial charge in [-0.15, -0.1) is 0 Å². The van der Waals surface area contributed by atoms with E-state index in [2.05, 4.69) is 15.9 Å². The van der Waals surface area contributed by atoms with E-state index < -0.39 is 0 Å². The van der Waals surface area contributed by atoms with E-state index in [1.54, 1.807) is 12.1 Å². The van der Waals surface area contributed by atoms with E-state index >= 15 is 0 Å². The van der Waals surface area contributed by atoms with E-state index in [-0.39, 0.29) is 11.6 Å². The maximum Gasteiger partial charge on any atom is 0.172 e. The third-order valence-corrected chi connectivity index (χ3v) is 2.77. The van der Waals surface area contributed by atoms with Crippen LogP contribution in [0.2, 0.25) is 0 Å². The van der Waals surface area contributed by atoms with Crippen LogP contribution in [-0.2, 0) is 0 Å². The van der Waals surface area contributed by atoms with E-state index in [1.165, 1.54) is 7.11 Å². The fourth-order valence-corrected chi connectivity index (χ4v) is 1.98. The van der Waals surface area contributed by atoms with Crippen LogP contribution in [0, 0.1) is 5.82 Å². The Labute approximate surface area is 102 Å². The zero-order valence-corrected chi connectivity index (χ0v) is 10.3. The Balaban J connectivity index is 2.61. The summed E-state index contributed by atoms with van der Waals surface area (Å²) in [5.41, 5.74) is 1.37. The molecule has 1 nitrogen and oxygen atoms in total. The minimum absolute atomic E-state index is 0.244. The Morgan fingerprint density at radius 1 is 1.12 bits per heavy atom. The van der Waals surface area contributed by atoms with Crippen molar-refractivity contribution in [2.75, 3.05) is 7.11 Å². The second-order valence-corrected chi connectivity index (χ2v) is 4.25. The van der Waals surface area contributed by atoms with Crippen LogP contribution in [0.3, 0.4) is 0 Å². The van der Waals surface area contributed by atoms with Crippen molar-refractivity contribution in [2.24, 2.45) is 0 Å². The van der Waals surface area contributed by atoms with Crippen LogP contribution < -0.4 is 4.74 Å². The lowest BCUT2D eigenvalue weighted by Crippen LogP contribution is -1.91. The molecular weight excluding hydrogens is 271 g/mol. The molecule has 2 aromatic carbocycles. The van der Waals surface area contributed by atoms with Gasteiger partial charge >= 0.3 is 0 Å². The Bertz CT molecular complexity index is 497. The molecule has 0 fully saturated rings. The maximum absolute atomic E-state index is 14.0. The van der Waals surface area contributed by atoms with Crippen LogP contribution in [0.1, 0.15) is 0 Å². The van der Waals surface area contributed by atoms with Crippen molar-refractivity contribution in [3.8, 4) is 16.9 Å². The van der Waals surface area contributed by atoms with Crippen molar-refractivity contribution >= 4 is 15.9 Å². The first-order chi connectivity index (χ1) is 7.72. The molecule has 0 aliphatic rings. The lowest BCUT2D eigenvalue weighted by atomic mass is 10.1. The van der Waals surface area contributed by atoms with Crippen molar-refractivity contribution in [1.82, 2.24) is 0 Å². The summed E-state index contributed by atoms with van der Waals surface area (Å²) in [6.07, 6.45) is 0. The Morgan fingerprint density at radius 2 is 1.81 bits per heavy atom. The summed E-state index contributed by atoms with van der Waals surface area (Å²) in [4.78, 5) is 0. The highest BCUT2D eigenvalue weighted by Crippen LogP contribution is 2.32. The monoisotopic (exact) mass is 280 g/mol. The first-order valence-corrected chi connectivity index (χ1v) is 5.60. The summed E-state index contributed by atoms with van der Waals surface area (Å²) < 4.78 is 19.8. The molecule has 0 radical (unpaired) electrons. The van der Waals surface area contributed by atoms with Gasteiger partial charge in [0, 0.05) is 10.0 Å². The number of hydrogen-bond acceptors (Lipinski definition) is 1. The largest absolute Gasteiger partial charge is 0.494 e. The zero-order chi connectivity index (χ0) is 11.5. The lowest BCUT2D eigenvalue weighted by Gasteiger charge is -2.08. The van der Waals surface area contributed by atoms with Gasteiger partial charge in [0.25, 0.3) is 0 Å². The van der Waals surface area contributed by atoms with Gasteiger partial charge in [0.05, 0.1) is 7.11 Å². The van der Waals surface area contributed by atoms with Crippen LogP contribution >= 0.6 is 15.9 Å². The van der Waals surface area contributed by atoms with Crippen molar-refractivity contribution in [3.05, 3.63) is 52.8 Å². The number of methoxy groups -OCH3 is 1. The zero-order valence-electron chi connectivity index (χ0n) is 8.71. The molecule has 2 rings (SSSR count). The quantitative estimate of drug-likeness (QED) is 0.799. The number of rotatable bonds is 2. The molecule has 0 aromatic heterocycles. The number of halogens is 2. The van der Waals surface area contributed by atoms with Crippen molar-refractivity contribution in [2.45, 2.75) is 0 Å². The molecule has 0 bridgehead atoms. The first-order valence-electron chi connectivity index (χ1n) is 4.81. The van der Waals surface area contributed by atoms with E-state index in [0.717, 1.165) is 10.0 Å². The van der Waals surface area contributed by atoms with Gasteiger partial charge in [-0.3, -0.25) is 0 Å². The third kappa shape index (κ3) is 2.09. The summed E-state index contributed by atoms with van der Waals surface area (Å²) in [5, 5.41) is 0. The molecule has 0 aliphatic carbocycles. The number of benzene rings is 2. The Hall–Kier alpha value is -1.35. The van der Waals surface area contributed by atoms with Gasteiger partial charge in [0.1, 0.15) is 0 Å². The van der Waals surface area contributed by atoms with Gasteiger partial charge in [-0.05, 0) is 17.7 Å². The van der Waals surface area contributed by atoms with Crippen molar-refractivity contribution in [3.63, 3.8) is 0 Å². The van der Waals surface area contributed by atoms with Gasteiger partial charge in [-0.25, -0.2) is 4.39 Å². The van der Waals surface area contributed by atoms with Gasteiger partial charge in [0.2, 0.25) is 0 Å². The minimum Gasteiger partial charge on any atom is -0.494 e. The molecule has 3 heteroatoms. The third-order valence-electron chi connectivity index (χ3n) is 2.31. The molecule has 0 saturated heterocycles. The van der Waals surface area contributed by atoms with Crippen LogP contribution in [0.15, 0.2) is 46.9 Å². The lowest BCUT2D eigenvalue weighted by molar-refractivity contribution is 0.387. The van der Waals surface area contributed by atoms with Gasteiger partial charge in [0.15, 0.2) is 11.6 Å². The van der Waals surface area contributed by atoms with Crippen molar-refractivity contribution in [1.29, 1.82) is 0 Å². The molecule has 0 spiro atoms. The summed E-state index contributed by atoms with van der Waals surface area (Å²) in [5.74, 6) is -0.0925. The normalized spacial score (nSPS) is 10.2. The molecule has 0 aliphatic heterocycles. The summed E-state index contributed by atoms with van der Waals surface area (Å²) in [7, 11) is 1.46. The summed E-state index contributed by atoms with van der Waals surface area (Å²) in [6, 6.07) is 12.7. The van der Waals surface area contributed by atoms with Crippen LogP contribution in [0.25, 0.3) is 11.1 Å². The summed E-state index contributed by atoms with van der Waals surface area (Å²) in [6.45, 7) is 0. The van der Waals surface area contributed by atoms with E-state index in [1.807, 2.05) is 30.3 Å². The standard InChI is InChI=1S/C13H10BrFO/c1-16-12-8-10(14)7-11(13(12)15)9-5-3-2-4-6-9/h2-8H,1H3. The minimum atomic E-state index is -0.336. The predicted octanol–water partition coefficient (Wildman–Crippen LogP) is 4.26. The molecule has 2 aromatic rings. The maximum atomic E-state index is 14.0. The number of ether oxygens (including phenoxy) is 1. The molecule has 0 unspecified atom stereocenters. The van der Waals surface area contributed by atoms with Crippen LogP contribution in [0.5, 0.6) is 5.75 Å². The van der Waals surface area contributed by atoms with Gasteiger partial charge < -0.3 is 4.74 Å². The SMILES string of the molecule is COc1cc(Br)cc(-c2ccccc2)c1F. The molecule has 82 valence electrons. The Kier molecular flexibility index (Phi) is 3.25. The highest BCUT2D eigenvalue weighted by atomic mass is 79.9. The average molecular weight is 281 g/mol. The number of hydrogen-bond donors (Lipinski definition) is 0. The fraction of sp³-hybridized carbons (Fsp3) is 0.0769. The highest BCUT2D eigenvalue weighted by molar-refractivity contribution is 9.10. The van der Waals surface area contributed by atoms with Crippen molar-refractivity contribution < 1.29 is 9.13 Å². The van der Waals surface area contributed by atoms with Gasteiger partial charge in [-0.2, -0.15) is 0 Å². The second-order valence-electron chi connectivity index (χ2n) is 3.34. The highest BCUT2D eigenvalue weighted by Gasteiger charge is 2.11. The average Bonchev–Trinajstić information content (AvgIpc) is 2.33. The Morgan fingerprint density at radius 3 is 2.44 bits per heavy atom. The molecule has 0 saturated carbocycles. The smallest absolute Gasteiger partial charge is 0.172 e. The molecule has 0 heterocycles.